The van der Waals surface area contributed by atoms with E-state index in [2.05, 4.69) is 27.4 Å². The molecule has 0 amide bonds. The quantitative estimate of drug-likeness (QED) is 0.224. The molecule has 0 spiro atoms. The third kappa shape index (κ3) is 9.41. The molecule has 0 rings (SSSR count). The molecule has 4 heteroatoms. The number of aliphatic hydroxyl groups excluding tert-OH is 1. The highest BCUT2D eigenvalue weighted by Crippen LogP contribution is 2.24. The smallest absolute Gasteiger partial charge is 0.362 e. The minimum Gasteiger partial charge on any atom is -0.477 e. The molecule has 0 radical (unpaired) electrons. The van der Waals surface area contributed by atoms with Crippen molar-refractivity contribution < 1.29 is 19.5 Å². The molecule has 4 nitrogen and oxygen atoms in total. The number of carbonyl (C=O) groups is 1. The average Bonchev–Trinajstić information content (AvgIpc) is 2.59. The highest BCUT2D eigenvalue weighted by atomic mass is 16.4. The maximum atomic E-state index is 12.0. The van der Waals surface area contributed by atoms with E-state index in [0.29, 0.717) is 17.4 Å². The van der Waals surface area contributed by atoms with Gasteiger partial charge in [0.15, 0.2) is 6.04 Å². The summed E-state index contributed by atoms with van der Waals surface area (Å²) in [6.45, 7) is 12.4. The van der Waals surface area contributed by atoms with Crippen LogP contribution in [0.3, 0.4) is 0 Å². The molecule has 0 aromatic heterocycles. The van der Waals surface area contributed by atoms with Gasteiger partial charge in [0.25, 0.3) is 0 Å². The minimum atomic E-state index is -0.701. The molecule has 0 heterocycles. The molecule has 0 aliphatic heterocycles. The molecule has 0 aliphatic carbocycles. The zero-order valence-corrected chi connectivity index (χ0v) is 16.9. The molecule has 25 heavy (non-hydrogen) atoms. The molecule has 148 valence electrons. The predicted molar refractivity (Wildman–Crippen MR) is 106 cm³/mol. The Balaban J connectivity index is 5.26. The van der Waals surface area contributed by atoms with Crippen molar-refractivity contribution >= 4 is 5.97 Å². The SMILES string of the molecule is C=CCCCCC(O)C[N+](CCCC)(CCCC)C(CCC)C(=O)O. The molecule has 0 aliphatic rings. The van der Waals surface area contributed by atoms with Crippen LogP contribution < -0.4 is 0 Å². The van der Waals surface area contributed by atoms with Crippen LogP contribution in [0.4, 0.5) is 0 Å². The van der Waals surface area contributed by atoms with E-state index in [-0.39, 0.29) is 0 Å². The lowest BCUT2D eigenvalue weighted by molar-refractivity contribution is -0.946. The highest BCUT2D eigenvalue weighted by molar-refractivity contribution is 5.72. The fourth-order valence-corrected chi connectivity index (χ4v) is 3.76. The van der Waals surface area contributed by atoms with Gasteiger partial charge in [0, 0.05) is 6.42 Å². The number of hydrogen-bond donors (Lipinski definition) is 2. The topological polar surface area (TPSA) is 57.5 Å². The fourth-order valence-electron chi connectivity index (χ4n) is 3.76. The van der Waals surface area contributed by atoms with Crippen molar-refractivity contribution in [3.63, 3.8) is 0 Å². The second-order valence-electron chi connectivity index (χ2n) is 7.43. The first kappa shape index (κ1) is 24.1. The van der Waals surface area contributed by atoms with Crippen molar-refractivity contribution in [2.75, 3.05) is 19.6 Å². The van der Waals surface area contributed by atoms with E-state index < -0.39 is 18.1 Å². The third-order valence-corrected chi connectivity index (χ3v) is 5.19. The van der Waals surface area contributed by atoms with E-state index in [4.69, 9.17) is 0 Å². The third-order valence-electron chi connectivity index (χ3n) is 5.19. The lowest BCUT2D eigenvalue weighted by Crippen LogP contribution is -2.62. The summed E-state index contributed by atoms with van der Waals surface area (Å²) in [5.74, 6) is -0.701. The van der Waals surface area contributed by atoms with Gasteiger partial charge in [0.05, 0.1) is 13.1 Å². The first-order valence-electron chi connectivity index (χ1n) is 10.3. The Bertz CT molecular complexity index is 349. The Labute approximate surface area is 155 Å². The van der Waals surface area contributed by atoms with Gasteiger partial charge in [-0.3, -0.25) is 0 Å². The lowest BCUT2D eigenvalue weighted by Gasteiger charge is -2.44. The minimum absolute atomic E-state index is 0.397. The molecule has 0 saturated carbocycles. The van der Waals surface area contributed by atoms with Crippen LogP contribution in [-0.2, 0) is 4.79 Å². The second-order valence-corrected chi connectivity index (χ2v) is 7.43. The first-order chi connectivity index (χ1) is 12.0. The normalized spacial score (nSPS) is 14.2. The summed E-state index contributed by atoms with van der Waals surface area (Å²) in [5, 5.41) is 20.5. The number of rotatable bonds is 17. The zero-order valence-electron chi connectivity index (χ0n) is 16.9. The Morgan fingerprint density at radius 3 is 2.04 bits per heavy atom. The average molecular weight is 357 g/mol. The number of carboxylic acid groups (broad SMARTS) is 1. The van der Waals surface area contributed by atoms with Crippen LogP contribution in [0.1, 0.15) is 85.0 Å². The largest absolute Gasteiger partial charge is 0.477 e. The molecule has 2 N–H and O–H groups in total. The molecule has 0 bridgehead atoms. The number of allylic oxidation sites excluding steroid dienone is 1. The summed E-state index contributed by atoms with van der Waals surface area (Å²) in [6, 6.07) is -0.397. The van der Waals surface area contributed by atoms with Crippen molar-refractivity contribution in [3.8, 4) is 0 Å². The summed E-state index contributed by atoms with van der Waals surface area (Å²) in [7, 11) is 0. The summed E-state index contributed by atoms with van der Waals surface area (Å²) in [5.41, 5.74) is 0. The van der Waals surface area contributed by atoms with Crippen molar-refractivity contribution in [1.82, 2.24) is 0 Å². The van der Waals surface area contributed by atoms with Crippen LogP contribution in [0.15, 0.2) is 12.7 Å². The second kappa shape index (κ2) is 14.3. The van der Waals surface area contributed by atoms with Crippen molar-refractivity contribution in [2.45, 2.75) is 97.1 Å². The van der Waals surface area contributed by atoms with Crippen molar-refractivity contribution in [3.05, 3.63) is 12.7 Å². The number of nitrogens with zero attached hydrogens (tertiary/aromatic N) is 1. The Hall–Kier alpha value is -0.870. The number of hydrogen-bond acceptors (Lipinski definition) is 2. The molecule has 0 aromatic rings. The van der Waals surface area contributed by atoms with E-state index in [1.54, 1.807) is 0 Å². The van der Waals surface area contributed by atoms with Crippen LogP contribution in [0.25, 0.3) is 0 Å². The van der Waals surface area contributed by atoms with Gasteiger partial charge in [0.2, 0.25) is 0 Å². The van der Waals surface area contributed by atoms with Gasteiger partial charge in [0.1, 0.15) is 12.6 Å². The number of carboxylic acids is 1. The Morgan fingerprint density at radius 2 is 1.60 bits per heavy atom. The predicted octanol–water partition coefficient (Wildman–Crippen LogP) is 4.76. The maximum Gasteiger partial charge on any atom is 0.362 e. The van der Waals surface area contributed by atoms with Crippen LogP contribution in [0.5, 0.6) is 0 Å². The van der Waals surface area contributed by atoms with E-state index in [9.17, 15) is 15.0 Å². The van der Waals surface area contributed by atoms with Crippen molar-refractivity contribution in [1.29, 1.82) is 0 Å². The molecule has 0 fully saturated rings. The van der Waals surface area contributed by atoms with Gasteiger partial charge in [-0.15, -0.1) is 6.58 Å². The summed E-state index contributed by atoms with van der Waals surface area (Å²) in [6.07, 6.45) is 10.9. The monoisotopic (exact) mass is 356 g/mol. The number of unbranched alkanes of at least 4 members (excludes halogenated alkanes) is 4. The van der Waals surface area contributed by atoms with Gasteiger partial charge in [-0.1, -0.05) is 46.1 Å². The zero-order chi connectivity index (χ0) is 19.1. The van der Waals surface area contributed by atoms with Crippen molar-refractivity contribution in [2.24, 2.45) is 0 Å². The van der Waals surface area contributed by atoms with E-state index in [0.717, 1.165) is 70.9 Å². The molecule has 0 aromatic carbocycles. The van der Waals surface area contributed by atoms with Gasteiger partial charge in [-0.2, -0.15) is 0 Å². The van der Waals surface area contributed by atoms with Crippen LogP contribution >= 0.6 is 0 Å². The van der Waals surface area contributed by atoms with Crippen LogP contribution in [0, 0.1) is 0 Å². The number of quaternary nitrogens is 1. The lowest BCUT2D eigenvalue weighted by atomic mass is 10.0. The van der Waals surface area contributed by atoms with Gasteiger partial charge < -0.3 is 14.7 Å². The van der Waals surface area contributed by atoms with Crippen LogP contribution in [-0.4, -0.2) is 52.4 Å². The van der Waals surface area contributed by atoms with E-state index >= 15 is 0 Å². The van der Waals surface area contributed by atoms with Gasteiger partial charge in [-0.25, -0.2) is 4.79 Å². The van der Waals surface area contributed by atoms with Gasteiger partial charge >= 0.3 is 5.97 Å². The summed E-state index contributed by atoms with van der Waals surface area (Å²) < 4.78 is 0.549. The van der Waals surface area contributed by atoms with E-state index in [1.165, 1.54) is 0 Å². The summed E-state index contributed by atoms with van der Waals surface area (Å²) in [4.78, 5) is 12.0. The first-order valence-corrected chi connectivity index (χ1v) is 10.3. The summed E-state index contributed by atoms with van der Waals surface area (Å²) >= 11 is 0. The molecule has 2 atom stereocenters. The molecule has 0 saturated heterocycles. The molecular formula is C21H42NO3+. The number of aliphatic carboxylic acids is 1. The van der Waals surface area contributed by atoms with Gasteiger partial charge in [-0.05, 0) is 38.5 Å². The Kier molecular flexibility index (Phi) is 13.8. The molecular weight excluding hydrogens is 314 g/mol. The fraction of sp³-hybridized carbons (Fsp3) is 0.857. The maximum absolute atomic E-state index is 12.0. The van der Waals surface area contributed by atoms with E-state index in [1.807, 2.05) is 6.08 Å². The standard InChI is InChI=1S/C21H41NO3/c1-5-9-12-13-15-19(23)18-22(16-10-6-2,17-11-7-3)20(14-8-4)21(24)25/h5,19-20,23H,1,6-18H2,2-4H3/p+1. The number of aliphatic hydroxyl groups is 1. The highest BCUT2D eigenvalue weighted by Gasteiger charge is 2.41. The van der Waals surface area contributed by atoms with Crippen LogP contribution in [0.2, 0.25) is 0 Å². The molecule has 2 unspecified atom stereocenters. The Morgan fingerprint density at radius 1 is 1.00 bits per heavy atom.